The van der Waals surface area contributed by atoms with Gasteiger partial charge in [0.05, 0.1) is 0 Å². The molecule has 60 valence electrons. The summed E-state index contributed by atoms with van der Waals surface area (Å²) in [6, 6.07) is 0. The average molecular weight is 141 g/mol. The third-order valence-corrected chi connectivity index (χ3v) is 1.40. The first-order valence-corrected chi connectivity index (χ1v) is 4.09. The van der Waals surface area contributed by atoms with Gasteiger partial charge in [-0.2, -0.15) is 0 Å². The van der Waals surface area contributed by atoms with Crippen LogP contribution in [0, 0.1) is 5.92 Å². The standard InChI is InChI=1S/C9H19N/c1-4-5-7-10-8-6-9(2)3/h4-5,9-10H,6-8H2,1-3H3/b5-4+. The molecule has 0 radical (unpaired) electrons. The molecule has 0 unspecified atom stereocenters. The van der Waals surface area contributed by atoms with Crippen LogP contribution in [0.4, 0.5) is 0 Å². The molecule has 0 saturated carbocycles. The maximum Gasteiger partial charge on any atom is 0.0134 e. The van der Waals surface area contributed by atoms with E-state index in [1.165, 1.54) is 6.42 Å². The van der Waals surface area contributed by atoms with E-state index < -0.39 is 0 Å². The predicted molar refractivity (Wildman–Crippen MR) is 47.1 cm³/mol. The van der Waals surface area contributed by atoms with Gasteiger partial charge in [-0.3, -0.25) is 0 Å². The molecule has 0 amide bonds. The van der Waals surface area contributed by atoms with Gasteiger partial charge in [0.15, 0.2) is 0 Å². The molecule has 0 aromatic carbocycles. The van der Waals surface area contributed by atoms with Crippen molar-refractivity contribution in [2.75, 3.05) is 13.1 Å². The molecule has 0 rings (SSSR count). The van der Waals surface area contributed by atoms with E-state index in [0.29, 0.717) is 0 Å². The third-order valence-electron chi connectivity index (χ3n) is 1.40. The molecule has 0 aliphatic rings. The maximum atomic E-state index is 3.33. The van der Waals surface area contributed by atoms with Gasteiger partial charge in [-0.1, -0.05) is 26.0 Å². The Kier molecular flexibility index (Phi) is 6.61. The fourth-order valence-electron chi connectivity index (χ4n) is 0.694. The summed E-state index contributed by atoms with van der Waals surface area (Å²) in [5.74, 6) is 0.818. The summed E-state index contributed by atoms with van der Waals surface area (Å²) in [7, 11) is 0. The molecule has 0 spiro atoms. The Hall–Kier alpha value is -0.300. The highest BCUT2D eigenvalue weighted by Gasteiger charge is 1.90. The zero-order valence-corrected chi connectivity index (χ0v) is 7.35. The normalized spacial score (nSPS) is 11.6. The minimum Gasteiger partial charge on any atom is -0.313 e. The van der Waals surface area contributed by atoms with E-state index in [-0.39, 0.29) is 0 Å². The first-order chi connectivity index (χ1) is 4.77. The number of rotatable bonds is 5. The van der Waals surface area contributed by atoms with Gasteiger partial charge in [0.2, 0.25) is 0 Å². The number of allylic oxidation sites excluding steroid dienone is 1. The Labute approximate surface area is 64.5 Å². The van der Waals surface area contributed by atoms with E-state index in [0.717, 1.165) is 19.0 Å². The zero-order chi connectivity index (χ0) is 7.82. The summed E-state index contributed by atoms with van der Waals surface area (Å²) in [6.07, 6.45) is 5.49. The van der Waals surface area contributed by atoms with E-state index in [2.05, 4.69) is 31.3 Å². The lowest BCUT2D eigenvalue weighted by molar-refractivity contribution is 0.552. The van der Waals surface area contributed by atoms with E-state index in [4.69, 9.17) is 0 Å². The van der Waals surface area contributed by atoms with E-state index in [9.17, 15) is 0 Å². The van der Waals surface area contributed by atoms with Gasteiger partial charge < -0.3 is 5.32 Å². The van der Waals surface area contributed by atoms with Crippen LogP contribution in [-0.4, -0.2) is 13.1 Å². The van der Waals surface area contributed by atoms with Crippen LogP contribution in [0.2, 0.25) is 0 Å². The molecule has 10 heavy (non-hydrogen) atoms. The molecule has 1 N–H and O–H groups in total. The van der Waals surface area contributed by atoms with Gasteiger partial charge in [-0.15, -0.1) is 0 Å². The third kappa shape index (κ3) is 7.70. The van der Waals surface area contributed by atoms with E-state index in [1.54, 1.807) is 0 Å². The molecule has 0 aliphatic carbocycles. The van der Waals surface area contributed by atoms with Crippen LogP contribution in [0.1, 0.15) is 27.2 Å². The van der Waals surface area contributed by atoms with E-state index >= 15 is 0 Å². The van der Waals surface area contributed by atoms with Crippen molar-refractivity contribution >= 4 is 0 Å². The van der Waals surface area contributed by atoms with Crippen LogP contribution in [0.5, 0.6) is 0 Å². The Morgan fingerprint density at radius 2 is 2.10 bits per heavy atom. The fraction of sp³-hybridized carbons (Fsp3) is 0.778. The van der Waals surface area contributed by atoms with Crippen molar-refractivity contribution in [1.82, 2.24) is 5.32 Å². The minimum atomic E-state index is 0.818. The SMILES string of the molecule is C/C=C/CNCCC(C)C. The Morgan fingerprint density at radius 3 is 2.60 bits per heavy atom. The predicted octanol–water partition coefficient (Wildman–Crippen LogP) is 2.20. The van der Waals surface area contributed by atoms with Gasteiger partial charge >= 0.3 is 0 Å². The van der Waals surface area contributed by atoms with Gasteiger partial charge in [0.25, 0.3) is 0 Å². The number of nitrogens with one attached hydrogen (secondary N) is 1. The lowest BCUT2D eigenvalue weighted by Gasteiger charge is -2.03. The van der Waals surface area contributed by atoms with Gasteiger partial charge in [-0.05, 0) is 25.8 Å². The number of hydrogen-bond acceptors (Lipinski definition) is 1. The van der Waals surface area contributed by atoms with E-state index in [1.807, 2.05) is 6.92 Å². The van der Waals surface area contributed by atoms with Gasteiger partial charge in [0.1, 0.15) is 0 Å². The fourth-order valence-corrected chi connectivity index (χ4v) is 0.694. The quantitative estimate of drug-likeness (QED) is 0.457. The molecule has 0 saturated heterocycles. The highest BCUT2D eigenvalue weighted by atomic mass is 14.8. The summed E-state index contributed by atoms with van der Waals surface area (Å²) in [6.45, 7) is 8.70. The summed E-state index contributed by atoms with van der Waals surface area (Å²) >= 11 is 0. The monoisotopic (exact) mass is 141 g/mol. The molecular weight excluding hydrogens is 122 g/mol. The Bertz CT molecular complexity index is 84.7. The van der Waals surface area contributed by atoms with Gasteiger partial charge in [-0.25, -0.2) is 0 Å². The van der Waals surface area contributed by atoms with Crippen molar-refractivity contribution in [3.05, 3.63) is 12.2 Å². The highest BCUT2D eigenvalue weighted by Crippen LogP contribution is 1.95. The van der Waals surface area contributed by atoms with Crippen LogP contribution in [0.3, 0.4) is 0 Å². The second kappa shape index (κ2) is 6.81. The van der Waals surface area contributed by atoms with Crippen LogP contribution in [-0.2, 0) is 0 Å². The highest BCUT2D eigenvalue weighted by molar-refractivity contribution is 4.78. The molecule has 0 aromatic rings. The van der Waals surface area contributed by atoms with Crippen molar-refractivity contribution in [3.8, 4) is 0 Å². The van der Waals surface area contributed by atoms with Crippen molar-refractivity contribution in [2.45, 2.75) is 27.2 Å². The van der Waals surface area contributed by atoms with Crippen molar-refractivity contribution in [2.24, 2.45) is 5.92 Å². The van der Waals surface area contributed by atoms with Crippen LogP contribution in [0.15, 0.2) is 12.2 Å². The molecule has 0 bridgehead atoms. The summed E-state index contributed by atoms with van der Waals surface area (Å²) in [5.41, 5.74) is 0. The lowest BCUT2D eigenvalue weighted by atomic mass is 10.1. The van der Waals surface area contributed by atoms with Crippen molar-refractivity contribution in [3.63, 3.8) is 0 Å². The van der Waals surface area contributed by atoms with Crippen LogP contribution >= 0.6 is 0 Å². The van der Waals surface area contributed by atoms with Gasteiger partial charge in [0, 0.05) is 6.54 Å². The van der Waals surface area contributed by atoms with Crippen molar-refractivity contribution < 1.29 is 0 Å². The first-order valence-electron chi connectivity index (χ1n) is 4.09. The largest absolute Gasteiger partial charge is 0.313 e. The summed E-state index contributed by atoms with van der Waals surface area (Å²) in [4.78, 5) is 0. The molecule has 0 heterocycles. The average Bonchev–Trinajstić information content (AvgIpc) is 1.87. The molecule has 1 heteroatoms. The topological polar surface area (TPSA) is 12.0 Å². The Morgan fingerprint density at radius 1 is 1.40 bits per heavy atom. The smallest absolute Gasteiger partial charge is 0.0134 e. The first kappa shape index (κ1) is 9.70. The molecule has 0 aliphatic heterocycles. The second-order valence-corrected chi connectivity index (χ2v) is 2.96. The molecule has 0 atom stereocenters. The lowest BCUT2D eigenvalue weighted by Crippen LogP contribution is -2.16. The maximum absolute atomic E-state index is 3.33. The molecule has 1 nitrogen and oxygen atoms in total. The molecular formula is C9H19N. The molecule has 0 aromatic heterocycles. The molecule has 0 fully saturated rings. The Balaban J connectivity index is 2.91. The van der Waals surface area contributed by atoms with Crippen LogP contribution < -0.4 is 5.32 Å². The van der Waals surface area contributed by atoms with Crippen LogP contribution in [0.25, 0.3) is 0 Å². The van der Waals surface area contributed by atoms with Crippen molar-refractivity contribution in [1.29, 1.82) is 0 Å². The summed E-state index contributed by atoms with van der Waals surface area (Å²) < 4.78 is 0. The summed E-state index contributed by atoms with van der Waals surface area (Å²) in [5, 5.41) is 3.33. The second-order valence-electron chi connectivity index (χ2n) is 2.96. The minimum absolute atomic E-state index is 0.818. The zero-order valence-electron chi connectivity index (χ0n) is 7.35. The number of hydrogen-bond donors (Lipinski definition) is 1.